The van der Waals surface area contributed by atoms with Crippen LogP contribution in [0.5, 0.6) is 11.5 Å². The van der Waals surface area contributed by atoms with E-state index < -0.39 is 0 Å². The van der Waals surface area contributed by atoms with Crippen molar-refractivity contribution in [3.8, 4) is 17.6 Å². The summed E-state index contributed by atoms with van der Waals surface area (Å²) in [7, 11) is 0. The lowest BCUT2D eigenvalue weighted by molar-refractivity contribution is 0.169. The van der Waals surface area contributed by atoms with Gasteiger partial charge in [0.25, 0.3) is 0 Å². The van der Waals surface area contributed by atoms with Crippen molar-refractivity contribution in [2.24, 2.45) is 0 Å². The standard InChI is InChI=1S/C11H11NO2/c1-8-2-3-9(4-5-12)11-10(8)13-6-7-14-11/h2-3H,4,6-7H2,1H3. The average Bonchev–Trinajstić information content (AvgIpc) is 2.23. The lowest BCUT2D eigenvalue weighted by Crippen LogP contribution is -2.17. The molecule has 0 atom stereocenters. The molecule has 0 radical (unpaired) electrons. The fourth-order valence-electron chi connectivity index (χ4n) is 1.55. The fourth-order valence-corrected chi connectivity index (χ4v) is 1.55. The summed E-state index contributed by atoms with van der Waals surface area (Å²) < 4.78 is 11.0. The van der Waals surface area contributed by atoms with Gasteiger partial charge in [-0.15, -0.1) is 0 Å². The molecule has 0 aliphatic carbocycles. The molecule has 2 rings (SSSR count). The van der Waals surface area contributed by atoms with Gasteiger partial charge in [0.1, 0.15) is 13.2 Å². The second kappa shape index (κ2) is 3.59. The minimum absolute atomic E-state index is 0.367. The van der Waals surface area contributed by atoms with E-state index in [1.165, 1.54) is 0 Å². The van der Waals surface area contributed by atoms with E-state index in [9.17, 15) is 0 Å². The van der Waals surface area contributed by atoms with Crippen LogP contribution in [-0.4, -0.2) is 13.2 Å². The Morgan fingerprint density at radius 3 is 2.71 bits per heavy atom. The van der Waals surface area contributed by atoms with E-state index in [1.54, 1.807) is 0 Å². The van der Waals surface area contributed by atoms with E-state index >= 15 is 0 Å². The van der Waals surface area contributed by atoms with E-state index in [0.29, 0.717) is 19.6 Å². The lowest BCUT2D eigenvalue weighted by Gasteiger charge is -2.21. The number of benzene rings is 1. The molecule has 0 aromatic heterocycles. The fraction of sp³-hybridized carbons (Fsp3) is 0.364. The van der Waals surface area contributed by atoms with E-state index in [-0.39, 0.29) is 0 Å². The minimum Gasteiger partial charge on any atom is -0.486 e. The van der Waals surface area contributed by atoms with Crippen LogP contribution in [0.3, 0.4) is 0 Å². The molecule has 0 bridgehead atoms. The molecule has 1 heterocycles. The molecule has 3 nitrogen and oxygen atoms in total. The lowest BCUT2D eigenvalue weighted by atomic mass is 10.1. The van der Waals surface area contributed by atoms with Crippen LogP contribution in [0.2, 0.25) is 0 Å². The molecular formula is C11H11NO2. The van der Waals surface area contributed by atoms with Crippen LogP contribution in [0.15, 0.2) is 12.1 Å². The van der Waals surface area contributed by atoms with Crippen molar-refractivity contribution in [1.82, 2.24) is 0 Å². The number of hydrogen-bond donors (Lipinski definition) is 0. The van der Waals surface area contributed by atoms with Gasteiger partial charge in [0.2, 0.25) is 0 Å². The Balaban J connectivity index is 2.49. The van der Waals surface area contributed by atoms with Crippen LogP contribution >= 0.6 is 0 Å². The smallest absolute Gasteiger partial charge is 0.165 e. The molecule has 1 aromatic rings. The van der Waals surface area contributed by atoms with E-state index in [2.05, 4.69) is 6.07 Å². The molecule has 1 aliphatic heterocycles. The van der Waals surface area contributed by atoms with Crippen LogP contribution in [0.25, 0.3) is 0 Å². The van der Waals surface area contributed by atoms with Gasteiger partial charge in [-0.1, -0.05) is 12.1 Å². The van der Waals surface area contributed by atoms with Crippen LogP contribution < -0.4 is 9.47 Å². The molecule has 0 N–H and O–H groups in total. The Hall–Kier alpha value is -1.69. The second-order valence-electron chi connectivity index (χ2n) is 3.23. The van der Waals surface area contributed by atoms with Gasteiger partial charge in [-0.2, -0.15) is 5.26 Å². The largest absolute Gasteiger partial charge is 0.486 e. The highest BCUT2D eigenvalue weighted by atomic mass is 16.6. The first-order valence-electron chi connectivity index (χ1n) is 4.58. The van der Waals surface area contributed by atoms with Crippen molar-refractivity contribution >= 4 is 0 Å². The summed E-state index contributed by atoms with van der Waals surface area (Å²) in [6, 6.07) is 6.00. The number of hydrogen-bond acceptors (Lipinski definition) is 3. The van der Waals surface area contributed by atoms with Crippen LogP contribution in [0, 0.1) is 18.3 Å². The highest BCUT2D eigenvalue weighted by molar-refractivity contribution is 5.52. The summed E-state index contributed by atoms with van der Waals surface area (Å²) in [4.78, 5) is 0. The molecule has 0 unspecified atom stereocenters. The zero-order chi connectivity index (χ0) is 9.97. The first-order chi connectivity index (χ1) is 6.83. The van der Waals surface area contributed by atoms with E-state index in [4.69, 9.17) is 14.7 Å². The van der Waals surface area contributed by atoms with Gasteiger partial charge < -0.3 is 9.47 Å². The zero-order valence-electron chi connectivity index (χ0n) is 8.04. The van der Waals surface area contributed by atoms with Gasteiger partial charge in [-0.05, 0) is 12.5 Å². The minimum atomic E-state index is 0.367. The average molecular weight is 189 g/mol. The maximum absolute atomic E-state index is 8.64. The molecule has 3 heteroatoms. The Morgan fingerprint density at radius 2 is 2.00 bits per heavy atom. The molecule has 14 heavy (non-hydrogen) atoms. The SMILES string of the molecule is Cc1ccc(CC#N)c2c1OCCO2. The summed E-state index contributed by atoms with van der Waals surface area (Å²) in [5.41, 5.74) is 1.97. The summed E-state index contributed by atoms with van der Waals surface area (Å²) in [6.45, 7) is 3.13. The van der Waals surface area contributed by atoms with Gasteiger partial charge >= 0.3 is 0 Å². The summed E-state index contributed by atoms with van der Waals surface area (Å²) in [5.74, 6) is 1.54. The van der Waals surface area contributed by atoms with Gasteiger partial charge in [0, 0.05) is 5.56 Å². The third kappa shape index (κ3) is 1.39. The summed E-state index contributed by atoms with van der Waals surface area (Å²) in [5, 5.41) is 8.64. The predicted octanol–water partition coefficient (Wildman–Crippen LogP) is 1.83. The number of rotatable bonds is 1. The number of aryl methyl sites for hydroxylation is 1. The highest BCUT2D eigenvalue weighted by Gasteiger charge is 2.17. The molecule has 0 saturated carbocycles. The Morgan fingerprint density at radius 1 is 1.29 bits per heavy atom. The van der Waals surface area contributed by atoms with Crippen LogP contribution in [-0.2, 0) is 6.42 Å². The van der Waals surface area contributed by atoms with Crippen LogP contribution in [0.1, 0.15) is 11.1 Å². The maximum Gasteiger partial charge on any atom is 0.165 e. The van der Waals surface area contributed by atoms with Gasteiger partial charge in [-0.25, -0.2) is 0 Å². The molecule has 72 valence electrons. The Labute approximate surface area is 82.9 Å². The molecule has 1 aliphatic rings. The molecule has 0 spiro atoms. The van der Waals surface area contributed by atoms with E-state index in [1.807, 2.05) is 19.1 Å². The summed E-state index contributed by atoms with van der Waals surface area (Å²) in [6.07, 6.45) is 0.367. The molecule has 1 aromatic carbocycles. The Kier molecular flexibility index (Phi) is 2.28. The van der Waals surface area contributed by atoms with Gasteiger partial charge in [0.15, 0.2) is 11.5 Å². The predicted molar refractivity (Wildman–Crippen MR) is 51.5 cm³/mol. The second-order valence-corrected chi connectivity index (χ2v) is 3.23. The number of fused-ring (bicyclic) bond motifs is 1. The third-order valence-corrected chi connectivity index (χ3v) is 2.24. The normalized spacial score (nSPS) is 13.4. The molecule has 0 fully saturated rings. The van der Waals surface area contributed by atoms with Crippen molar-refractivity contribution < 1.29 is 9.47 Å². The quantitative estimate of drug-likeness (QED) is 0.676. The van der Waals surface area contributed by atoms with E-state index in [0.717, 1.165) is 22.6 Å². The van der Waals surface area contributed by atoms with Crippen molar-refractivity contribution in [3.05, 3.63) is 23.3 Å². The van der Waals surface area contributed by atoms with Crippen molar-refractivity contribution in [1.29, 1.82) is 5.26 Å². The Bertz CT molecular complexity index is 393. The molecule has 0 saturated heterocycles. The number of nitrogens with zero attached hydrogens (tertiary/aromatic N) is 1. The highest BCUT2D eigenvalue weighted by Crippen LogP contribution is 2.36. The van der Waals surface area contributed by atoms with Crippen LogP contribution in [0.4, 0.5) is 0 Å². The maximum atomic E-state index is 8.64. The first-order valence-corrected chi connectivity index (χ1v) is 4.58. The zero-order valence-corrected chi connectivity index (χ0v) is 8.04. The van der Waals surface area contributed by atoms with Crippen molar-refractivity contribution in [2.75, 3.05) is 13.2 Å². The third-order valence-electron chi connectivity index (χ3n) is 2.24. The molecule has 0 amide bonds. The van der Waals surface area contributed by atoms with Crippen molar-refractivity contribution in [3.63, 3.8) is 0 Å². The first kappa shape index (κ1) is 8.89. The summed E-state index contributed by atoms with van der Waals surface area (Å²) >= 11 is 0. The van der Waals surface area contributed by atoms with Gasteiger partial charge in [0.05, 0.1) is 12.5 Å². The molecular weight excluding hydrogens is 178 g/mol. The number of ether oxygens (including phenoxy) is 2. The van der Waals surface area contributed by atoms with Crippen molar-refractivity contribution in [2.45, 2.75) is 13.3 Å². The van der Waals surface area contributed by atoms with Gasteiger partial charge in [-0.3, -0.25) is 0 Å². The topological polar surface area (TPSA) is 42.2 Å². The monoisotopic (exact) mass is 189 g/mol. The number of nitriles is 1.